The Labute approximate surface area is 160 Å². The number of hydrogen-bond acceptors (Lipinski definition) is 3. The van der Waals surface area contributed by atoms with Crippen LogP contribution in [-0.4, -0.2) is 20.6 Å². The summed E-state index contributed by atoms with van der Waals surface area (Å²) >= 11 is 5.88. The highest BCUT2D eigenvalue weighted by Crippen LogP contribution is 2.28. The van der Waals surface area contributed by atoms with Gasteiger partial charge in [0, 0.05) is 10.6 Å². The molecule has 0 aliphatic heterocycles. The monoisotopic (exact) mass is 378 g/mol. The number of para-hydroxylation sites is 2. The fourth-order valence-corrected chi connectivity index (χ4v) is 3.03. The standard InChI is InChI=1S/C21H15ClN2O3/c22-15-7-11-17(12-8-15)27-16-9-5-14(6-10-16)21-23-18-3-1-2-4-19(18)24(21)13-20(25)26/h1-12H,13H2,(H,25,26). The first-order chi connectivity index (χ1) is 13.1. The van der Waals surface area contributed by atoms with Crippen LogP contribution in [0.25, 0.3) is 22.4 Å². The first kappa shape index (κ1) is 17.1. The predicted molar refractivity (Wildman–Crippen MR) is 104 cm³/mol. The summed E-state index contributed by atoms with van der Waals surface area (Å²) in [5.41, 5.74) is 2.36. The van der Waals surface area contributed by atoms with E-state index in [0.717, 1.165) is 16.6 Å². The summed E-state index contributed by atoms with van der Waals surface area (Å²) < 4.78 is 7.50. The van der Waals surface area contributed by atoms with Crippen molar-refractivity contribution in [1.29, 1.82) is 0 Å². The van der Waals surface area contributed by atoms with E-state index in [-0.39, 0.29) is 6.54 Å². The summed E-state index contributed by atoms with van der Waals surface area (Å²) in [7, 11) is 0. The van der Waals surface area contributed by atoms with Crippen molar-refractivity contribution in [3.05, 3.63) is 77.8 Å². The van der Waals surface area contributed by atoms with Crippen LogP contribution < -0.4 is 4.74 Å². The van der Waals surface area contributed by atoms with Gasteiger partial charge in [0.15, 0.2) is 0 Å². The fraction of sp³-hybridized carbons (Fsp3) is 0.0476. The highest BCUT2D eigenvalue weighted by Gasteiger charge is 2.14. The van der Waals surface area contributed by atoms with Crippen molar-refractivity contribution >= 4 is 28.6 Å². The third-order valence-electron chi connectivity index (χ3n) is 4.11. The Hall–Kier alpha value is -3.31. The van der Waals surface area contributed by atoms with Gasteiger partial charge in [0.25, 0.3) is 0 Å². The smallest absolute Gasteiger partial charge is 0.323 e. The molecule has 1 heterocycles. The van der Waals surface area contributed by atoms with Crippen molar-refractivity contribution in [2.45, 2.75) is 6.54 Å². The highest BCUT2D eigenvalue weighted by molar-refractivity contribution is 6.30. The zero-order chi connectivity index (χ0) is 18.8. The quantitative estimate of drug-likeness (QED) is 0.516. The molecule has 0 unspecified atom stereocenters. The van der Waals surface area contributed by atoms with Gasteiger partial charge in [-0.1, -0.05) is 23.7 Å². The molecule has 4 rings (SSSR count). The minimum Gasteiger partial charge on any atom is -0.480 e. The van der Waals surface area contributed by atoms with Crippen LogP contribution >= 0.6 is 11.6 Å². The van der Waals surface area contributed by atoms with E-state index in [1.807, 2.05) is 48.5 Å². The van der Waals surface area contributed by atoms with Gasteiger partial charge in [0.2, 0.25) is 0 Å². The number of ether oxygens (including phenoxy) is 1. The molecular weight excluding hydrogens is 364 g/mol. The molecule has 6 heteroatoms. The van der Waals surface area contributed by atoms with Crippen LogP contribution in [0.1, 0.15) is 0 Å². The van der Waals surface area contributed by atoms with Crippen LogP contribution in [0, 0.1) is 0 Å². The van der Waals surface area contributed by atoms with E-state index >= 15 is 0 Å². The van der Waals surface area contributed by atoms with Gasteiger partial charge in [-0.3, -0.25) is 4.79 Å². The van der Waals surface area contributed by atoms with Crippen molar-refractivity contribution < 1.29 is 14.6 Å². The molecule has 1 aromatic heterocycles. The number of rotatable bonds is 5. The van der Waals surface area contributed by atoms with Gasteiger partial charge in [-0.25, -0.2) is 4.98 Å². The maximum Gasteiger partial charge on any atom is 0.323 e. The van der Waals surface area contributed by atoms with Gasteiger partial charge in [-0.2, -0.15) is 0 Å². The Kier molecular flexibility index (Phi) is 4.52. The lowest BCUT2D eigenvalue weighted by Crippen LogP contribution is -2.09. The van der Waals surface area contributed by atoms with Gasteiger partial charge in [0.05, 0.1) is 11.0 Å². The molecule has 1 N–H and O–H groups in total. The van der Waals surface area contributed by atoms with Crippen LogP contribution in [0.3, 0.4) is 0 Å². The molecule has 0 bridgehead atoms. The second-order valence-corrected chi connectivity index (χ2v) is 6.42. The zero-order valence-electron chi connectivity index (χ0n) is 14.2. The van der Waals surface area contributed by atoms with E-state index in [2.05, 4.69) is 4.98 Å². The number of aromatic nitrogens is 2. The predicted octanol–water partition coefficient (Wildman–Crippen LogP) is 5.23. The first-order valence-electron chi connectivity index (χ1n) is 8.31. The number of imidazole rings is 1. The summed E-state index contributed by atoms with van der Waals surface area (Å²) in [4.78, 5) is 15.9. The lowest BCUT2D eigenvalue weighted by molar-refractivity contribution is -0.137. The number of fused-ring (bicyclic) bond motifs is 1. The van der Waals surface area contributed by atoms with Gasteiger partial charge in [-0.05, 0) is 60.7 Å². The molecule has 0 saturated heterocycles. The molecule has 0 radical (unpaired) electrons. The number of carboxylic acid groups (broad SMARTS) is 1. The van der Waals surface area contributed by atoms with Crippen LogP contribution in [0.4, 0.5) is 0 Å². The number of benzene rings is 3. The number of carboxylic acids is 1. The van der Waals surface area contributed by atoms with E-state index in [1.54, 1.807) is 28.8 Å². The van der Waals surface area contributed by atoms with Crippen LogP contribution in [-0.2, 0) is 11.3 Å². The Morgan fingerprint density at radius 2 is 1.59 bits per heavy atom. The largest absolute Gasteiger partial charge is 0.480 e. The Bertz CT molecular complexity index is 1100. The molecule has 0 spiro atoms. The molecular formula is C21H15ClN2O3. The van der Waals surface area contributed by atoms with E-state index in [9.17, 15) is 9.90 Å². The topological polar surface area (TPSA) is 64.3 Å². The summed E-state index contributed by atoms with van der Waals surface area (Å²) in [6, 6.07) is 22.0. The average molecular weight is 379 g/mol. The lowest BCUT2D eigenvalue weighted by atomic mass is 10.2. The summed E-state index contributed by atoms with van der Waals surface area (Å²) in [6.45, 7) is -0.154. The molecule has 0 aliphatic rings. The maximum absolute atomic E-state index is 11.3. The van der Waals surface area contributed by atoms with Crippen molar-refractivity contribution in [1.82, 2.24) is 9.55 Å². The average Bonchev–Trinajstić information content (AvgIpc) is 3.02. The molecule has 0 atom stereocenters. The second kappa shape index (κ2) is 7.13. The van der Waals surface area contributed by atoms with Crippen molar-refractivity contribution in [2.75, 3.05) is 0 Å². The number of aliphatic carboxylic acids is 1. The Balaban J connectivity index is 1.67. The first-order valence-corrected chi connectivity index (χ1v) is 8.69. The third-order valence-corrected chi connectivity index (χ3v) is 4.36. The van der Waals surface area contributed by atoms with E-state index < -0.39 is 5.97 Å². The molecule has 134 valence electrons. The van der Waals surface area contributed by atoms with Crippen molar-refractivity contribution in [2.24, 2.45) is 0 Å². The molecule has 27 heavy (non-hydrogen) atoms. The van der Waals surface area contributed by atoms with Gasteiger partial charge in [0.1, 0.15) is 23.9 Å². The third kappa shape index (κ3) is 3.64. The summed E-state index contributed by atoms with van der Waals surface area (Å²) in [5, 5.41) is 9.91. The Morgan fingerprint density at radius 1 is 0.963 bits per heavy atom. The molecule has 0 saturated carbocycles. The van der Waals surface area contributed by atoms with E-state index in [1.165, 1.54) is 0 Å². The van der Waals surface area contributed by atoms with E-state index in [0.29, 0.717) is 22.3 Å². The molecule has 5 nitrogen and oxygen atoms in total. The molecule has 0 amide bonds. The fourth-order valence-electron chi connectivity index (χ4n) is 2.90. The molecule has 4 aromatic rings. The van der Waals surface area contributed by atoms with Gasteiger partial charge < -0.3 is 14.4 Å². The van der Waals surface area contributed by atoms with Crippen LogP contribution in [0.5, 0.6) is 11.5 Å². The molecule has 3 aromatic carbocycles. The molecule has 0 aliphatic carbocycles. The summed E-state index contributed by atoms with van der Waals surface area (Å²) in [6.07, 6.45) is 0. The molecule has 0 fully saturated rings. The normalized spacial score (nSPS) is 10.9. The second-order valence-electron chi connectivity index (χ2n) is 5.98. The Morgan fingerprint density at radius 3 is 2.26 bits per heavy atom. The zero-order valence-corrected chi connectivity index (χ0v) is 14.9. The van der Waals surface area contributed by atoms with Crippen molar-refractivity contribution in [3.63, 3.8) is 0 Å². The number of hydrogen-bond donors (Lipinski definition) is 1. The minimum atomic E-state index is -0.915. The van der Waals surface area contributed by atoms with Gasteiger partial charge in [-0.15, -0.1) is 0 Å². The van der Waals surface area contributed by atoms with Crippen LogP contribution in [0.2, 0.25) is 5.02 Å². The number of halogens is 1. The minimum absolute atomic E-state index is 0.154. The SMILES string of the molecule is O=C(O)Cn1c(-c2ccc(Oc3ccc(Cl)cc3)cc2)nc2ccccc21. The lowest BCUT2D eigenvalue weighted by Gasteiger charge is -2.09. The highest BCUT2D eigenvalue weighted by atomic mass is 35.5. The number of carbonyl (C=O) groups is 1. The maximum atomic E-state index is 11.3. The number of nitrogens with zero attached hydrogens (tertiary/aromatic N) is 2. The summed E-state index contributed by atoms with van der Waals surface area (Å²) in [5.74, 6) is 1.05. The van der Waals surface area contributed by atoms with Crippen molar-refractivity contribution in [3.8, 4) is 22.9 Å². The van der Waals surface area contributed by atoms with E-state index in [4.69, 9.17) is 16.3 Å². The van der Waals surface area contributed by atoms with Crippen LogP contribution in [0.15, 0.2) is 72.8 Å². The van der Waals surface area contributed by atoms with Gasteiger partial charge >= 0.3 is 5.97 Å².